The number of aromatic nitrogens is 1. The molecule has 0 fully saturated rings. The van der Waals surface area contributed by atoms with Crippen molar-refractivity contribution >= 4 is 30.3 Å². The fraction of sp³-hybridized carbons (Fsp3) is 0.556. The fourth-order valence-corrected chi connectivity index (χ4v) is 3.38. The third kappa shape index (κ3) is 1.89. The molecule has 13 heavy (non-hydrogen) atoms. The van der Waals surface area contributed by atoms with Gasteiger partial charge in [0.05, 0.1) is 0 Å². The Morgan fingerprint density at radius 2 is 2.54 bits per heavy atom. The first kappa shape index (κ1) is 9.86. The van der Waals surface area contributed by atoms with Gasteiger partial charge in [0.2, 0.25) is 0 Å². The van der Waals surface area contributed by atoms with Crippen LogP contribution in [0.1, 0.15) is 17.7 Å². The fourth-order valence-electron chi connectivity index (χ4n) is 1.89. The Bertz CT molecular complexity index is 286. The van der Waals surface area contributed by atoms with Crippen molar-refractivity contribution in [1.29, 1.82) is 0 Å². The summed E-state index contributed by atoms with van der Waals surface area (Å²) in [6.45, 7) is 0.330. The predicted octanol–water partition coefficient (Wildman–Crippen LogP) is 2.43. The normalized spacial score (nSPS) is 21.5. The maximum Gasteiger partial charge on any atom is 0.0463 e. The Morgan fingerprint density at radius 3 is 3.23 bits per heavy atom. The van der Waals surface area contributed by atoms with Gasteiger partial charge in [0.15, 0.2) is 0 Å². The number of hydrogen-bond acceptors (Lipinski definition) is 2. The van der Waals surface area contributed by atoms with Gasteiger partial charge < -0.3 is 5.11 Å². The Balaban J connectivity index is 2.25. The van der Waals surface area contributed by atoms with Crippen LogP contribution in [0.5, 0.6) is 0 Å². The van der Waals surface area contributed by atoms with Crippen molar-refractivity contribution in [3.63, 3.8) is 0 Å². The summed E-state index contributed by atoms with van der Waals surface area (Å²) < 4.78 is 2.21. The highest BCUT2D eigenvalue weighted by Crippen LogP contribution is 2.30. The average Bonchev–Trinajstić information content (AvgIpc) is 2.59. The molecule has 1 unspecified atom stereocenters. The molecule has 2 nitrogen and oxygen atoms in total. The van der Waals surface area contributed by atoms with E-state index in [2.05, 4.69) is 37.4 Å². The monoisotopic (exact) mass is 309 g/mol. The molecule has 0 amide bonds. The first-order chi connectivity index (χ1) is 6.35. The van der Waals surface area contributed by atoms with E-state index in [9.17, 15) is 0 Å². The molecule has 4 heteroatoms. The first-order valence-corrected chi connectivity index (χ1v) is 7.75. The summed E-state index contributed by atoms with van der Waals surface area (Å²) >= 11 is 2.29. The molecule has 0 radical (unpaired) electrons. The van der Waals surface area contributed by atoms with Crippen LogP contribution in [0, 0.1) is 5.92 Å². The third-order valence-electron chi connectivity index (χ3n) is 2.68. The molecule has 1 heterocycles. The van der Waals surface area contributed by atoms with Crippen molar-refractivity contribution in [3.05, 3.63) is 23.5 Å². The molecule has 1 aromatic heterocycles. The standard InChI is InChI=1S/C9H12INOS/c10-13-11-4-3-8-2-1-7(6-12)5-9(8)11/h3-4,7,12H,1-2,5-6H2. The lowest BCUT2D eigenvalue weighted by atomic mass is 9.89. The van der Waals surface area contributed by atoms with Crippen LogP contribution in [0.25, 0.3) is 0 Å². The van der Waals surface area contributed by atoms with Crippen molar-refractivity contribution in [2.75, 3.05) is 6.61 Å². The zero-order chi connectivity index (χ0) is 9.26. The molecule has 0 aromatic carbocycles. The summed E-state index contributed by atoms with van der Waals surface area (Å²) in [6.07, 6.45) is 5.43. The lowest BCUT2D eigenvalue weighted by Gasteiger charge is -2.21. The maximum atomic E-state index is 9.10. The summed E-state index contributed by atoms with van der Waals surface area (Å²) in [5.41, 5.74) is 2.87. The number of hydrogen-bond donors (Lipinski definition) is 1. The molecule has 1 aliphatic carbocycles. The topological polar surface area (TPSA) is 25.2 Å². The van der Waals surface area contributed by atoms with Crippen LogP contribution >= 0.6 is 30.3 Å². The second kappa shape index (κ2) is 4.23. The number of aryl methyl sites for hydroxylation is 1. The molecule has 0 saturated heterocycles. The lowest BCUT2D eigenvalue weighted by molar-refractivity contribution is 0.212. The molecule has 0 bridgehead atoms. The quantitative estimate of drug-likeness (QED) is 0.849. The Morgan fingerprint density at radius 1 is 1.69 bits per heavy atom. The molecule has 1 aliphatic rings. The average molecular weight is 309 g/mol. The van der Waals surface area contributed by atoms with E-state index in [4.69, 9.17) is 5.11 Å². The summed E-state index contributed by atoms with van der Waals surface area (Å²) in [5, 5.41) is 9.10. The van der Waals surface area contributed by atoms with Gasteiger partial charge in [-0.05, 0) is 36.8 Å². The van der Waals surface area contributed by atoms with E-state index >= 15 is 0 Å². The summed E-state index contributed by atoms with van der Waals surface area (Å²) in [4.78, 5) is 0. The number of aliphatic hydroxyl groups is 1. The highest BCUT2D eigenvalue weighted by molar-refractivity contribution is 14.2. The lowest BCUT2D eigenvalue weighted by Crippen LogP contribution is -2.18. The zero-order valence-electron chi connectivity index (χ0n) is 7.24. The Kier molecular flexibility index (Phi) is 3.21. The van der Waals surface area contributed by atoms with Crippen LogP contribution in [0.2, 0.25) is 0 Å². The van der Waals surface area contributed by atoms with Gasteiger partial charge in [-0.25, -0.2) is 0 Å². The molecule has 1 atom stereocenters. The van der Waals surface area contributed by atoms with E-state index in [0.717, 1.165) is 19.3 Å². The van der Waals surface area contributed by atoms with Crippen molar-refractivity contribution in [3.8, 4) is 0 Å². The molecular formula is C9H12INOS. The van der Waals surface area contributed by atoms with Gasteiger partial charge in [-0.2, -0.15) is 0 Å². The summed E-state index contributed by atoms with van der Waals surface area (Å²) in [7, 11) is 1.71. The number of halogens is 1. The van der Waals surface area contributed by atoms with Gasteiger partial charge in [-0.3, -0.25) is 3.97 Å². The van der Waals surface area contributed by atoms with E-state index in [1.54, 1.807) is 9.12 Å². The van der Waals surface area contributed by atoms with Crippen LogP contribution in [0.15, 0.2) is 12.3 Å². The minimum atomic E-state index is 0.330. The highest BCUT2D eigenvalue weighted by atomic mass is 127. The third-order valence-corrected chi connectivity index (χ3v) is 4.45. The molecule has 72 valence electrons. The zero-order valence-corrected chi connectivity index (χ0v) is 10.2. The largest absolute Gasteiger partial charge is 0.396 e. The van der Waals surface area contributed by atoms with Crippen molar-refractivity contribution in [2.24, 2.45) is 5.92 Å². The van der Waals surface area contributed by atoms with Gasteiger partial charge in [-0.15, -0.1) is 0 Å². The van der Waals surface area contributed by atoms with Crippen LogP contribution in [-0.4, -0.2) is 15.7 Å². The second-order valence-electron chi connectivity index (χ2n) is 3.47. The smallest absolute Gasteiger partial charge is 0.0463 e. The van der Waals surface area contributed by atoms with E-state index in [-0.39, 0.29) is 0 Å². The van der Waals surface area contributed by atoms with Crippen molar-refractivity contribution in [2.45, 2.75) is 19.3 Å². The number of rotatable bonds is 2. The summed E-state index contributed by atoms with van der Waals surface area (Å²) in [5.74, 6) is 0.477. The minimum absolute atomic E-state index is 0.330. The number of aliphatic hydroxyl groups excluding tert-OH is 1. The molecular weight excluding hydrogens is 297 g/mol. The predicted molar refractivity (Wildman–Crippen MR) is 64.0 cm³/mol. The Labute approximate surface area is 94.4 Å². The molecule has 0 spiro atoms. The number of nitrogens with zero attached hydrogens (tertiary/aromatic N) is 1. The van der Waals surface area contributed by atoms with Gasteiger partial charge in [0.25, 0.3) is 0 Å². The number of fused-ring (bicyclic) bond motifs is 1. The molecule has 2 rings (SSSR count). The van der Waals surface area contributed by atoms with Crippen molar-refractivity contribution < 1.29 is 5.11 Å². The van der Waals surface area contributed by atoms with Crippen LogP contribution in [0.3, 0.4) is 0 Å². The maximum absolute atomic E-state index is 9.10. The SMILES string of the molecule is OCC1CCc2ccn(SI)c2C1. The van der Waals surface area contributed by atoms with E-state index < -0.39 is 0 Å². The van der Waals surface area contributed by atoms with Gasteiger partial charge in [0, 0.05) is 48.8 Å². The van der Waals surface area contributed by atoms with E-state index in [1.165, 1.54) is 11.3 Å². The van der Waals surface area contributed by atoms with Gasteiger partial charge in [-0.1, -0.05) is 0 Å². The molecule has 0 aliphatic heterocycles. The van der Waals surface area contributed by atoms with E-state index in [1.807, 2.05) is 0 Å². The van der Waals surface area contributed by atoms with Crippen LogP contribution < -0.4 is 0 Å². The van der Waals surface area contributed by atoms with E-state index in [0.29, 0.717) is 12.5 Å². The van der Waals surface area contributed by atoms with Crippen molar-refractivity contribution in [1.82, 2.24) is 3.97 Å². The van der Waals surface area contributed by atoms with Gasteiger partial charge >= 0.3 is 0 Å². The first-order valence-electron chi connectivity index (χ1n) is 4.44. The second-order valence-corrected chi connectivity index (χ2v) is 5.19. The van der Waals surface area contributed by atoms with Crippen LogP contribution in [0.4, 0.5) is 0 Å². The molecule has 1 N–H and O–H groups in total. The summed E-state index contributed by atoms with van der Waals surface area (Å²) in [6, 6.07) is 2.20. The highest BCUT2D eigenvalue weighted by Gasteiger charge is 2.20. The molecule has 1 aromatic rings. The minimum Gasteiger partial charge on any atom is -0.396 e. The van der Waals surface area contributed by atoms with Crippen LogP contribution in [-0.2, 0) is 12.8 Å². The van der Waals surface area contributed by atoms with Gasteiger partial charge in [0.1, 0.15) is 0 Å². The Hall–Kier alpha value is 0.320. The molecule has 0 saturated carbocycles.